The number of hydrogen-bond donors (Lipinski definition) is 2. The third-order valence-electron chi connectivity index (χ3n) is 2.09. The standard InChI is InChI=1S/C12H19NO2/c1-3-15-9-10(2)13-12-6-4-5-11(7-12)8-14/h4-7,10,13-14H,3,8-9H2,1-2H3/t10-/m0/s1. The third kappa shape index (κ3) is 4.32. The summed E-state index contributed by atoms with van der Waals surface area (Å²) in [6, 6.07) is 8.04. The first-order chi connectivity index (χ1) is 7.26. The van der Waals surface area contributed by atoms with Gasteiger partial charge in [-0.2, -0.15) is 0 Å². The van der Waals surface area contributed by atoms with Crippen LogP contribution in [0.1, 0.15) is 19.4 Å². The molecular formula is C12H19NO2. The van der Waals surface area contributed by atoms with Crippen LogP contribution in [0.15, 0.2) is 24.3 Å². The van der Waals surface area contributed by atoms with Crippen LogP contribution in [0.5, 0.6) is 0 Å². The summed E-state index contributed by atoms with van der Waals surface area (Å²) in [5.41, 5.74) is 1.94. The van der Waals surface area contributed by atoms with E-state index in [9.17, 15) is 0 Å². The minimum Gasteiger partial charge on any atom is -0.392 e. The Hall–Kier alpha value is -1.06. The van der Waals surface area contributed by atoms with Gasteiger partial charge >= 0.3 is 0 Å². The van der Waals surface area contributed by atoms with Gasteiger partial charge in [0.15, 0.2) is 0 Å². The van der Waals surface area contributed by atoms with Gasteiger partial charge in [-0.15, -0.1) is 0 Å². The number of ether oxygens (including phenoxy) is 1. The molecule has 2 N–H and O–H groups in total. The van der Waals surface area contributed by atoms with Crippen LogP contribution in [0.25, 0.3) is 0 Å². The lowest BCUT2D eigenvalue weighted by atomic mass is 10.2. The number of rotatable bonds is 6. The van der Waals surface area contributed by atoms with Gasteiger partial charge in [-0.3, -0.25) is 0 Å². The Labute approximate surface area is 91.1 Å². The molecule has 0 aliphatic heterocycles. The van der Waals surface area contributed by atoms with Crippen LogP contribution in [-0.4, -0.2) is 24.4 Å². The smallest absolute Gasteiger partial charge is 0.0682 e. The molecule has 0 radical (unpaired) electrons. The van der Waals surface area contributed by atoms with Crippen molar-refractivity contribution in [1.82, 2.24) is 0 Å². The molecule has 0 heterocycles. The highest BCUT2D eigenvalue weighted by Crippen LogP contribution is 2.11. The second-order valence-electron chi connectivity index (χ2n) is 3.56. The van der Waals surface area contributed by atoms with Crippen LogP contribution < -0.4 is 5.32 Å². The fourth-order valence-electron chi connectivity index (χ4n) is 1.38. The second kappa shape index (κ2) is 6.43. The van der Waals surface area contributed by atoms with Gasteiger partial charge in [0.1, 0.15) is 0 Å². The van der Waals surface area contributed by atoms with E-state index in [4.69, 9.17) is 9.84 Å². The Morgan fingerprint density at radius 1 is 1.47 bits per heavy atom. The molecule has 3 nitrogen and oxygen atoms in total. The summed E-state index contributed by atoms with van der Waals surface area (Å²) in [5.74, 6) is 0. The highest BCUT2D eigenvalue weighted by molar-refractivity contribution is 5.46. The van der Waals surface area contributed by atoms with Gasteiger partial charge in [-0.25, -0.2) is 0 Å². The Balaban J connectivity index is 2.48. The highest BCUT2D eigenvalue weighted by atomic mass is 16.5. The van der Waals surface area contributed by atoms with Crippen LogP contribution in [0, 0.1) is 0 Å². The van der Waals surface area contributed by atoms with Crippen molar-refractivity contribution in [1.29, 1.82) is 0 Å². The summed E-state index contributed by atoms with van der Waals surface area (Å²) in [4.78, 5) is 0. The molecule has 1 aromatic carbocycles. The molecule has 0 fully saturated rings. The lowest BCUT2D eigenvalue weighted by molar-refractivity contribution is 0.141. The van der Waals surface area contributed by atoms with Crippen molar-refractivity contribution in [2.45, 2.75) is 26.5 Å². The minimum atomic E-state index is 0.0787. The maximum absolute atomic E-state index is 8.99. The van der Waals surface area contributed by atoms with Crippen molar-refractivity contribution >= 4 is 5.69 Å². The number of nitrogens with one attached hydrogen (secondary N) is 1. The third-order valence-corrected chi connectivity index (χ3v) is 2.09. The Morgan fingerprint density at radius 3 is 2.93 bits per heavy atom. The van der Waals surface area contributed by atoms with E-state index in [1.807, 2.05) is 31.2 Å². The van der Waals surface area contributed by atoms with E-state index < -0.39 is 0 Å². The van der Waals surface area contributed by atoms with Gasteiger partial charge in [-0.1, -0.05) is 12.1 Å². The Morgan fingerprint density at radius 2 is 2.27 bits per heavy atom. The summed E-state index contributed by atoms with van der Waals surface area (Å²) in [6.07, 6.45) is 0. The zero-order chi connectivity index (χ0) is 11.1. The molecule has 84 valence electrons. The van der Waals surface area contributed by atoms with Crippen molar-refractivity contribution in [2.75, 3.05) is 18.5 Å². The molecule has 0 aliphatic carbocycles. The van der Waals surface area contributed by atoms with Crippen LogP contribution >= 0.6 is 0 Å². The first kappa shape index (κ1) is 12.0. The maximum atomic E-state index is 8.99. The first-order valence-corrected chi connectivity index (χ1v) is 5.30. The largest absolute Gasteiger partial charge is 0.392 e. The number of aliphatic hydroxyl groups excluding tert-OH is 1. The lowest BCUT2D eigenvalue weighted by Gasteiger charge is -2.15. The number of aliphatic hydroxyl groups is 1. The van der Waals surface area contributed by atoms with E-state index >= 15 is 0 Å². The summed E-state index contributed by atoms with van der Waals surface area (Å²) in [7, 11) is 0. The Kier molecular flexibility index (Phi) is 5.15. The molecule has 3 heteroatoms. The van der Waals surface area contributed by atoms with Gasteiger partial charge in [-0.05, 0) is 31.5 Å². The molecule has 0 bridgehead atoms. The normalized spacial score (nSPS) is 12.5. The molecular weight excluding hydrogens is 190 g/mol. The van der Waals surface area contributed by atoms with Crippen molar-refractivity contribution < 1.29 is 9.84 Å². The van der Waals surface area contributed by atoms with E-state index in [1.165, 1.54) is 0 Å². The Bertz CT molecular complexity index is 289. The van der Waals surface area contributed by atoms with E-state index in [0.29, 0.717) is 6.61 Å². The highest BCUT2D eigenvalue weighted by Gasteiger charge is 2.01. The average Bonchev–Trinajstić information content (AvgIpc) is 2.26. The quantitative estimate of drug-likeness (QED) is 0.753. The zero-order valence-corrected chi connectivity index (χ0v) is 9.36. The fraction of sp³-hybridized carbons (Fsp3) is 0.500. The van der Waals surface area contributed by atoms with Gasteiger partial charge in [0.2, 0.25) is 0 Å². The average molecular weight is 209 g/mol. The molecule has 1 rings (SSSR count). The summed E-state index contributed by atoms with van der Waals surface area (Å²) >= 11 is 0. The van der Waals surface area contributed by atoms with Crippen LogP contribution in [0.2, 0.25) is 0 Å². The van der Waals surface area contributed by atoms with E-state index in [1.54, 1.807) is 0 Å². The van der Waals surface area contributed by atoms with Crippen molar-refractivity contribution in [3.05, 3.63) is 29.8 Å². The predicted molar refractivity (Wildman–Crippen MR) is 61.9 cm³/mol. The molecule has 0 aromatic heterocycles. The van der Waals surface area contributed by atoms with Gasteiger partial charge in [0.05, 0.1) is 13.2 Å². The van der Waals surface area contributed by atoms with Crippen LogP contribution in [-0.2, 0) is 11.3 Å². The predicted octanol–water partition coefficient (Wildman–Crippen LogP) is 2.02. The summed E-state index contributed by atoms with van der Waals surface area (Å²) < 4.78 is 5.31. The zero-order valence-electron chi connectivity index (χ0n) is 9.36. The molecule has 1 aromatic rings. The van der Waals surface area contributed by atoms with Crippen molar-refractivity contribution in [3.8, 4) is 0 Å². The molecule has 0 saturated heterocycles. The topological polar surface area (TPSA) is 41.5 Å². The molecule has 0 unspecified atom stereocenters. The van der Waals surface area contributed by atoms with Gasteiger partial charge in [0, 0.05) is 18.3 Å². The summed E-state index contributed by atoms with van der Waals surface area (Å²) in [6.45, 7) is 5.57. The SMILES string of the molecule is CCOC[C@H](C)Nc1cccc(CO)c1. The number of anilines is 1. The second-order valence-corrected chi connectivity index (χ2v) is 3.56. The van der Waals surface area contributed by atoms with Crippen molar-refractivity contribution in [3.63, 3.8) is 0 Å². The summed E-state index contributed by atoms with van der Waals surface area (Å²) in [5, 5.41) is 12.3. The van der Waals surface area contributed by atoms with E-state index in [0.717, 1.165) is 17.9 Å². The van der Waals surface area contributed by atoms with Crippen LogP contribution in [0.3, 0.4) is 0 Å². The van der Waals surface area contributed by atoms with E-state index in [2.05, 4.69) is 12.2 Å². The van der Waals surface area contributed by atoms with E-state index in [-0.39, 0.29) is 12.6 Å². The molecule has 0 spiro atoms. The lowest BCUT2D eigenvalue weighted by Crippen LogP contribution is -2.21. The molecule has 15 heavy (non-hydrogen) atoms. The minimum absolute atomic E-state index is 0.0787. The maximum Gasteiger partial charge on any atom is 0.0682 e. The van der Waals surface area contributed by atoms with Crippen LogP contribution in [0.4, 0.5) is 5.69 Å². The first-order valence-electron chi connectivity index (χ1n) is 5.30. The fourth-order valence-corrected chi connectivity index (χ4v) is 1.38. The van der Waals surface area contributed by atoms with Gasteiger partial charge < -0.3 is 15.2 Å². The molecule has 0 saturated carbocycles. The van der Waals surface area contributed by atoms with Crippen molar-refractivity contribution in [2.24, 2.45) is 0 Å². The molecule has 1 atom stereocenters. The molecule has 0 aliphatic rings. The monoisotopic (exact) mass is 209 g/mol. The number of hydrogen-bond acceptors (Lipinski definition) is 3. The van der Waals surface area contributed by atoms with Gasteiger partial charge in [0.25, 0.3) is 0 Å². The number of benzene rings is 1. The molecule has 0 amide bonds.